The van der Waals surface area contributed by atoms with Crippen LogP contribution in [0.1, 0.15) is 27.2 Å². The molecule has 62 valence electrons. The van der Waals surface area contributed by atoms with Crippen LogP contribution in [0.2, 0.25) is 0 Å². The molecule has 1 atom stereocenters. The molecule has 0 aliphatic heterocycles. The first-order chi connectivity index (χ1) is 5.06. The maximum absolute atomic E-state index is 4.36. The summed E-state index contributed by atoms with van der Waals surface area (Å²) in [6.45, 7) is 6.61. The summed E-state index contributed by atoms with van der Waals surface area (Å²) in [6.07, 6.45) is 5.74. The SMILES string of the molecule is CC1=CC(C)(CS)CC(C)=C1. The average Bonchev–Trinajstić information content (AvgIpc) is 1.84. The van der Waals surface area contributed by atoms with Crippen molar-refractivity contribution in [2.75, 3.05) is 5.75 Å². The van der Waals surface area contributed by atoms with Gasteiger partial charge in [-0.25, -0.2) is 0 Å². The fraction of sp³-hybridized carbons (Fsp3) is 0.600. The van der Waals surface area contributed by atoms with Crippen LogP contribution in [0.25, 0.3) is 0 Å². The number of hydrogen-bond donors (Lipinski definition) is 1. The molecule has 0 N–H and O–H groups in total. The first kappa shape index (κ1) is 8.92. The lowest BCUT2D eigenvalue weighted by Crippen LogP contribution is -2.18. The minimum absolute atomic E-state index is 0.298. The molecule has 0 aromatic rings. The summed E-state index contributed by atoms with van der Waals surface area (Å²) in [4.78, 5) is 0. The summed E-state index contributed by atoms with van der Waals surface area (Å²) >= 11 is 4.36. The summed E-state index contributed by atoms with van der Waals surface area (Å²) in [5.41, 5.74) is 3.15. The van der Waals surface area contributed by atoms with Crippen molar-refractivity contribution in [3.05, 3.63) is 23.3 Å². The highest BCUT2D eigenvalue weighted by Crippen LogP contribution is 2.34. The Morgan fingerprint density at radius 3 is 2.64 bits per heavy atom. The number of thiol groups is 1. The summed E-state index contributed by atoms with van der Waals surface area (Å²) < 4.78 is 0. The van der Waals surface area contributed by atoms with Gasteiger partial charge >= 0.3 is 0 Å². The van der Waals surface area contributed by atoms with E-state index in [2.05, 4.69) is 45.6 Å². The van der Waals surface area contributed by atoms with E-state index in [4.69, 9.17) is 0 Å². The van der Waals surface area contributed by atoms with Crippen molar-refractivity contribution in [3.8, 4) is 0 Å². The van der Waals surface area contributed by atoms with Gasteiger partial charge in [-0.2, -0.15) is 12.6 Å². The lowest BCUT2D eigenvalue weighted by atomic mass is 9.80. The van der Waals surface area contributed by atoms with Crippen LogP contribution in [-0.4, -0.2) is 5.75 Å². The molecular formula is C10H16S. The predicted molar refractivity (Wildman–Crippen MR) is 54.1 cm³/mol. The number of hydrogen-bond acceptors (Lipinski definition) is 1. The maximum atomic E-state index is 4.36. The van der Waals surface area contributed by atoms with Crippen LogP contribution >= 0.6 is 12.6 Å². The van der Waals surface area contributed by atoms with Gasteiger partial charge < -0.3 is 0 Å². The molecule has 0 nitrogen and oxygen atoms in total. The van der Waals surface area contributed by atoms with Gasteiger partial charge in [-0.3, -0.25) is 0 Å². The van der Waals surface area contributed by atoms with E-state index in [1.54, 1.807) is 0 Å². The second kappa shape index (κ2) is 3.06. The predicted octanol–water partition coefficient (Wildman–Crippen LogP) is 3.22. The third-order valence-corrected chi connectivity index (χ3v) is 2.82. The molecule has 1 aliphatic carbocycles. The van der Waals surface area contributed by atoms with Crippen LogP contribution in [0, 0.1) is 5.41 Å². The van der Waals surface area contributed by atoms with Crippen molar-refractivity contribution in [1.29, 1.82) is 0 Å². The van der Waals surface area contributed by atoms with Crippen molar-refractivity contribution in [3.63, 3.8) is 0 Å². The van der Waals surface area contributed by atoms with Gasteiger partial charge in [0.25, 0.3) is 0 Å². The molecular weight excluding hydrogens is 152 g/mol. The lowest BCUT2D eigenvalue weighted by Gasteiger charge is -2.28. The zero-order valence-corrected chi connectivity index (χ0v) is 8.41. The van der Waals surface area contributed by atoms with Crippen molar-refractivity contribution in [2.24, 2.45) is 5.41 Å². The van der Waals surface area contributed by atoms with Crippen molar-refractivity contribution < 1.29 is 0 Å². The molecule has 0 aromatic carbocycles. The quantitative estimate of drug-likeness (QED) is 0.571. The fourth-order valence-corrected chi connectivity index (χ4v) is 2.02. The molecule has 0 saturated carbocycles. The molecule has 0 bridgehead atoms. The molecule has 1 heteroatoms. The third kappa shape index (κ3) is 2.13. The highest BCUT2D eigenvalue weighted by atomic mass is 32.1. The molecule has 1 aliphatic rings. The van der Waals surface area contributed by atoms with E-state index in [1.807, 2.05) is 0 Å². The van der Waals surface area contributed by atoms with E-state index in [0.717, 1.165) is 12.2 Å². The molecule has 0 fully saturated rings. The normalized spacial score (nSPS) is 31.3. The van der Waals surface area contributed by atoms with E-state index < -0.39 is 0 Å². The fourth-order valence-electron chi connectivity index (χ4n) is 1.82. The van der Waals surface area contributed by atoms with Gasteiger partial charge in [0.1, 0.15) is 0 Å². The second-order valence-corrected chi connectivity index (χ2v) is 4.18. The summed E-state index contributed by atoms with van der Waals surface area (Å²) in [7, 11) is 0. The Morgan fingerprint density at radius 1 is 1.55 bits per heavy atom. The second-order valence-electron chi connectivity index (χ2n) is 3.87. The Hall–Kier alpha value is -0.170. The molecule has 0 heterocycles. The van der Waals surface area contributed by atoms with Crippen LogP contribution in [0.15, 0.2) is 23.3 Å². The van der Waals surface area contributed by atoms with Gasteiger partial charge in [0.15, 0.2) is 0 Å². The molecule has 0 spiro atoms. The Balaban J connectivity index is 2.86. The van der Waals surface area contributed by atoms with E-state index in [9.17, 15) is 0 Å². The van der Waals surface area contributed by atoms with E-state index >= 15 is 0 Å². The van der Waals surface area contributed by atoms with Crippen LogP contribution in [0.5, 0.6) is 0 Å². The lowest BCUT2D eigenvalue weighted by molar-refractivity contribution is 0.478. The molecule has 1 rings (SSSR count). The van der Waals surface area contributed by atoms with Gasteiger partial charge in [-0.1, -0.05) is 30.2 Å². The van der Waals surface area contributed by atoms with Crippen molar-refractivity contribution in [1.82, 2.24) is 0 Å². The Morgan fingerprint density at radius 2 is 2.18 bits per heavy atom. The largest absolute Gasteiger partial charge is 0.178 e. The molecule has 0 amide bonds. The van der Waals surface area contributed by atoms with Gasteiger partial charge in [0.05, 0.1) is 0 Å². The highest BCUT2D eigenvalue weighted by Gasteiger charge is 2.22. The van der Waals surface area contributed by atoms with E-state index in [1.165, 1.54) is 11.1 Å². The molecule has 0 aromatic heterocycles. The first-order valence-corrected chi connectivity index (χ1v) is 4.66. The monoisotopic (exact) mass is 168 g/mol. The Labute approximate surface area is 74.8 Å². The van der Waals surface area contributed by atoms with Gasteiger partial charge in [0.2, 0.25) is 0 Å². The van der Waals surface area contributed by atoms with Crippen molar-refractivity contribution >= 4 is 12.6 Å². The number of rotatable bonds is 1. The number of allylic oxidation sites excluding steroid dienone is 4. The van der Waals surface area contributed by atoms with Gasteiger partial charge in [0, 0.05) is 0 Å². The highest BCUT2D eigenvalue weighted by molar-refractivity contribution is 7.80. The molecule has 11 heavy (non-hydrogen) atoms. The Kier molecular flexibility index (Phi) is 2.48. The van der Waals surface area contributed by atoms with Crippen LogP contribution in [-0.2, 0) is 0 Å². The van der Waals surface area contributed by atoms with E-state index in [-0.39, 0.29) is 0 Å². The molecule has 1 unspecified atom stereocenters. The summed E-state index contributed by atoms with van der Waals surface area (Å²) in [5.74, 6) is 0.940. The van der Waals surface area contributed by atoms with E-state index in [0.29, 0.717) is 5.41 Å². The third-order valence-electron chi connectivity index (χ3n) is 2.09. The first-order valence-electron chi connectivity index (χ1n) is 4.03. The maximum Gasteiger partial charge on any atom is -0.000582 e. The van der Waals surface area contributed by atoms with Crippen LogP contribution < -0.4 is 0 Å². The van der Waals surface area contributed by atoms with Gasteiger partial charge in [-0.05, 0) is 31.4 Å². The minimum atomic E-state index is 0.298. The molecule has 0 saturated heterocycles. The smallest absolute Gasteiger partial charge is 0.000582 e. The van der Waals surface area contributed by atoms with Crippen LogP contribution in [0.4, 0.5) is 0 Å². The topological polar surface area (TPSA) is 0 Å². The van der Waals surface area contributed by atoms with Gasteiger partial charge in [-0.15, -0.1) is 0 Å². The zero-order chi connectivity index (χ0) is 8.48. The summed E-state index contributed by atoms with van der Waals surface area (Å²) in [6, 6.07) is 0. The van der Waals surface area contributed by atoms with Crippen molar-refractivity contribution in [2.45, 2.75) is 27.2 Å². The van der Waals surface area contributed by atoms with Crippen LogP contribution in [0.3, 0.4) is 0 Å². The summed E-state index contributed by atoms with van der Waals surface area (Å²) in [5, 5.41) is 0. The minimum Gasteiger partial charge on any atom is -0.178 e. The zero-order valence-electron chi connectivity index (χ0n) is 7.52. The Bertz CT molecular complexity index is 213. The average molecular weight is 168 g/mol. The molecule has 0 radical (unpaired) electrons. The standard InChI is InChI=1S/C10H16S/c1-8-4-9(2)6-10(3,5-8)7-11/h4-5,11H,6-7H2,1-3H3.